The number of benzene rings is 2. The standard InChI is InChI=1S/C30H40FN3O2/c1-23(2)21-27-28(35)34(22-25-14-8-9-15-26(25)31)30(29(36)32-27)16-19-33(20-17-30)18-10-4-7-13-24-11-5-3-6-12-24/h3,5-6,8-9,11-12,14-15,23,27H,4,7,10,13,16-22H2,1-2H3,(H,32,36)/t27-/m0/s1. The van der Waals surface area contributed by atoms with Gasteiger partial charge in [-0.25, -0.2) is 4.39 Å². The zero-order chi connectivity index (χ0) is 25.5. The highest BCUT2D eigenvalue weighted by molar-refractivity contribution is 6.00. The molecule has 2 saturated heterocycles. The molecule has 2 heterocycles. The summed E-state index contributed by atoms with van der Waals surface area (Å²) in [6, 6.07) is 16.6. The van der Waals surface area contributed by atoms with Gasteiger partial charge in [0.15, 0.2) is 0 Å². The van der Waals surface area contributed by atoms with Crippen LogP contribution in [0.4, 0.5) is 4.39 Å². The number of carbonyl (C=O) groups is 2. The lowest BCUT2D eigenvalue weighted by molar-refractivity contribution is -0.162. The van der Waals surface area contributed by atoms with Crippen LogP contribution in [-0.2, 0) is 22.6 Å². The van der Waals surface area contributed by atoms with Gasteiger partial charge in [0.2, 0.25) is 11.8 Å². The summed E-state index contributed by atoms with van der Waals surface area (Å²) in [5.74, 6) is -0.223. The molecule has 2 amide bonds. The lowest BCUT2D eigenvalue weighted by Gasteiger charge is -2.52. The third kappa shape index (κ3) is 6.15. The number of hydrogen-bond acceptors (Lipinski definition) is 3. The number of amides is 2. The maximum Gasteiger partial charge on any atom is 0.246 e. The molecule has 36 heavy (non-hydrogen) atoms. The first-order valence-electron chi connectivity index (χ1n) is 13.5. The van der Waals surface area contributed by atoms with E-state index in [4.69, 9.17) is 0 Å². The van der Waals surface area contributed by atoms with Gasteiger partial charge in [-0.15, -0.1) is 0 Å². The fourth-order valence-corrected chi connectivity index (χ4v) is 5.66. The molecule has 1 spiro atoms. The first kappa shape index (κ1) is 26.3. The monoisotopic (exact) mass is 493 g/mol. The Kier molecular flexibility index (Phi) is 8.78. The lowest BCUT2D eigenvalue weighted by Crippen LogP contribution is -2.72. The number of piperidine rings is 1. The third-order valence-electron chi connectivity index (χ3n) is 7.77. The number of nitrogens with one attached hydrogen (secondary N) is 1. The average molecular weight is 494 g/mol. The van der Waals surface area contributed by atoms with Crippen molar-refractivity contribution in [1.82, 2.24) is 15.1 Å². The third-order valence-corrected chi connectivity index (χ3v) is 7.77. The van der Waals surface area contributed by atoms with Gasteiger partial charge in [-0.2, -0.15) is 0 Å². The molecule has 0 bridgehead atoms. The van der Waals surface area contributed by atoms with Crippen molar-refractivity contribution in [2.75, 3.05) is 19.6 Å². The van der Waals surface area contributed by atoms with E-state index >= 15 is 0 Å². The van der Waals surface area contributed by atoms with Gasteiger partial charge in [-0.1, -0.05) is 68.8 Å². The molecule has 2 aromatic rings. The van der Waals surface area contributed by atoms with E-state index in [1.165, 1.54) is 24.5 Å². The summed E-state index contributed by atoms with van der Waals surface area (Å²) in [5, 5.41) is 3.04. The molecule has 4 rings (SSSR count). The Labute approximate surface area is 215 Å². The second kappa shape index (κ2) is 12.0. The number of piperazine rings is 1. The first-order chi connectivity index (χ1) is 17.4. The molecule has 5 nitrogen and oxygen atoms in total. The highest BCUT2D eigenvalue weighted by Crippen LogP contribution is 2.35. The number of carbonyl (C=O) groups excluding carboxylic acids is 2. The number of unbranched alkanes of at least 4 members (excludes halogenated alkanes) is 2. The number of halogens is 1. The molecule has 194 valence electrons. The van der Waals surface area contributed by atoms with E-state index in [1.807, 2.05) is 13.8 Å². The molecule has 0 aromatic heterocycles. The van der Waals surface area contributed by atoms with Crippen molar-refractivity contribution in [3.05, 3.63) is 71.5 Å². The molecular weight excluding hydrogens is 453 g/mol. The Morgan fingerprint density at radius 1 is 0.972 bits per heavy atom. The zero-order valence-corrected chi connectivity index (χ0v) is 21.7. The summed E-state index contributed by atoms with van der Waals surface area (Å²) < 4.78 is 14.6. The second-order valence-corrected chi connectivity index (χ2v) is 10.8. The van der Waals surface area contributed by atoms with Crippen molar-refractivity contribution in [3.8, 4) is 0 Å². The Balaban J connectivity index is 1.38. The van der Waals surface area contributed by atoms with Gasteiger partial charge in [0.05, 0.1) is 0 Å². The maximum atomic E-state index is 14.6. The fraction of sp³-hybridized carbons (Fsp3) is 0.533. The van der Waals surface area contributed by atoms with Crippen molar-refractivity contribution in [2.24, 2.45) is 5.92 Å². The van der Waals surface area contributed by atoms with Crippen LogP contribution in [0, 0.1) is 11.7 Å². The smallest absolute Gasteiger partial charge is 0.246 e. The Bertz CT molecular complexity index is 1020. The summed E-state index contributed by atoms with van der Waals surface area (Å²) in [5.41, 5.74) is 0.941. The number of aryl methyl sites for hydroxylation is 1. The predicted molar refractivity (Wildman–Crippen MR) is 141 cm³/mol. The van der Waals surface area contributed by atoms with Crippen molar-refractivity contribution in [3.63, 3.8) is 0 Å². The van der Waals surface area contributed by atoms with Crippen LogP contribution >= 0.6 is 0 Å². The summed E-state index contributed by atoms with van der Waals surface area (Å²) in [6.07, 6.45) is 6.33. The summed E-state index contributed by atoms with van der Waals surface area (Å²) in [7, 11) is 0. The molecule has 0 saturated carbocycles. The molecule has 0 unspecified atom stereocenters. The predicted octanol–water partition coefficient (Wildman–Crippen LogP) is 4.95. The van der Waals surface area contributed by atoms with Gasteiger partial charge < -0.3 is 15.1 Å². The van der Waals surface area contributed by atoms with Crippen LogP contribution < -0.4 is 5.32 Å². The van der Waals surface area contributed by atoms with Crippen LogP contribution in [0.25, 0.3) is 0 Å². The second-order valence-electron chi connectivity index (χ2n) is 10.8. The van der Waals surface area contributed by atoms with Crippen LogP contribution in [0.15, 0.2) is 54.6 Å². The van der Waals surface area contributed by atoms with Gasteiger partial charge in [0, 0.05) is 25.2 Å². The number of nitrogens with zero attached hydrogens (tertiary/aromatic N) is 2. The van der Waals surface area contributed by atoms with Crippen LogP contribution in [0.1, 0.15) is 63.5 Å². The Hall–Kier alpha value is -2.73. The van der Waals surface area contributed by atoms with Crippen LogP contribution in [0.3, 0.4) is 0 Å². The van der Waals surface area contributed by atoms with Gasteiger partial charge in [0.25, 0.3) is 0 Å². The Morgan fingerprint density at radius 2 is 1.67 bits per heavy atom. The molecular formula is C30H40FN3O2. The van der Waals surface area contributed by atoms with Crippen molar-refractivity contribution >= 4 is 11.8 Å². The van der Waals surface area contributed by atoms with E-state index in [1.54, 1.807) is 23.1 Å². The molecule has 1 N–H and O–H groups in total. The van der Waals surface area contributed by atoms with Crippen LogP contribution in [-0.4, -0.2) is 52.8 Å². The molecule has 2 aliphatic rings. The molecule has 1 atom stereocenters. The average Bonchev–Trinajstić information content (AvgIpc) is 2.87. The summed E-state index contributed by atoms with van der Waals surface area (Å²) >= 11 is 0. The number of hydrogen-bond donors (Lipinski definition) is 1. The maximum absolute atomic E-state index is 14.6. The van der Waals surface area contributed by atoms with E-state index in [0.29, 0.717) is 24.8 Å². The minimum Gasteiger partial charge on any atom is -0.342 e. The molecule has 2 aliphatic heterocycles. The Morgan fingerprint density at radius 3 is 2.36 bits per heavy atom. The topological polar surface area (TPSA) is 52.7 Å². The van der Waals surface area contributed by atoms with E-state index in [-0.39, 0.29) is 30.1 Å². The summed E-state index contributed by atoms with van der Waals surface area (Å²) in [6.45, 7) is 6.76. The fourth-order valence-electron chi connectivity index (χ4n) is 5.66. The van der Waals surface area contributed by atoms with Crippen molar-refractivity contribution in [2.45, 2.75) is 76.9 Å². The van der Waals surface area contributed by atoms with Gasteiger partial charge in [0.1, 0.15) is 17.4 Å². The van der Waals surface area contributed by atoms with E-state index in [0.717, 1.165) is 32.5 Å². The van der Waals surface area contributed by atoms with E-state index in [9.17, 15) is 14.0 Å². The highest BCUT2D eigenvalue weighted by atomic mass is 19.1. The van der Waals surface area contributed by atoms with Crippen molar-refractivity contribution < 1.29 is 14.0 Å². The quantitative estimate of drug-likeness (QED) is 0.477. The molecule has 2 fully saturated rings. The van der Waals surface area contributed by atoms with Crippen LogP contribution in [0.2, 0.25) is 0 Å². The number of likely N-dealkylation sites (tertiary alicyclic amines) is 1. The molecule has 6 heteroatoms. The molecule has 0 radical (unpaired) electrons. The van der Waals surface area contributed by atoms with Gasteiger partial charge in [-0.05, 0) is 62.6 Å². The first-order valence-corrected chi connectivity index (χ1v) is 13.5. The van der Waals surface area contributed by atoms with E-state index < -0.39 is 11.6 Å². The van der Waals surface area contributed by atoms with Crippen molar-refractivity contribution in [1.29, 1.82) is 0 Å². The van der Waals surface area contributed by atoms with Crippen LogP contribution in [0.5, 0.6) is 0 Å². The summed E-state index contributed by atoms with van der Waals surface area (Å²) in [4.78, 5) is 31.2. The van der Waals surface area contributed by atoms with Gasteiger partial charge >= 0.3 is 0 Å². The largest absolute Gasteiger partial charge is 0.342 e. The SMILES string of the molecule is CC(C)C[C@@H]1NC(=O)C2(CCN(CCCCCc3ccccc3)CC2)N(Cc2ccccc2F)C1=O. The minimum atomic E-state index is -0.906. The lowest BCUT2D eigenvalue weighted by atomic mass is 9.80. The minimum absolute atomic E-state index is 0.0772. The highest BCUT2D eigenvalue weighted by Gasteiger charge is 2.53. The van der Waals surface area contributed by atoms with Gasteiger partial charge in [-0.3, -0.25) is 9.59 Å². The molecule has 2 aromatic carbocycles. The van der Waals surface area contributed by atoms with E-state index in [2.05, 4.69) is 40.5 Å². The zero-order valence-electron chi connectivity index (χ0n) is 21.7. The molecule has 0 aliphatic carbocycles. The normalized spacial score (nSPS) is 20.2. The number of rotatable bonds is 10.